The minimum Gasteiger partial charge on any atom is -0.392 e. The van der Waals surface area contributed by atoms with Crippen molar-refractivity contribution < 1.29 is 9.90 Å². The average molecular weight is 183 g/mol. The molecule has 1 aliphatic heterocycles. The summed E-state index contributed by atoms with van der Waals surface area (Å²) in [5.41, 5.74) is 0. The molecule has 3 nitrogen and oxygen atoms in total. The summed E-state index contributed by atoms with van der Waals surface area (Å²) < 4.78 is 0. The van der Waals surface area contributed by atoms with E-state index in [2.05, 4.69) is 4.90 Å². The monoisotopic (exact) mass is 183 g/mol. The first-order chi connectivity index (χ1) is 6.25. The molecule has 0 aromatic rings. The largest absolute Gasteiger partial charge is 0.392 e. The Morgan fingerprint density at radius 1 is 1.38 bits per heavy atom. The molecule has 13 heavy (non-hydrogen) atoms. The van der Waals surface area contributed by atoms with Crippen molar-refractivity contribution >= 4 is 5.78 Å². The summed E-state index contributed by atoms with van der Waals surface area (Å²) in [6, 6.07) is 0. The highest BCUT2D eigenvalue weighted by Crippen LogP contribution is 2.30. The lowest BCUT2D eigenvalue weighted by Crippen LogP contribution is -2.41. The number of hydrogen-bond donors (Lipinski definition) is 1. The number of ketones is 1. The zero-order chi connectivity index (χ0) is 9.26. The molecule has 1 saturated carbocycles. The summed E-state index contributed by atoms with van der Waals surface area (Å²) in [6.07, 6.45) is 3.90. The Balaban J connectivity index is 1.76. The van der Waals surface area contributed by atoms with Crippen LogP contribution in [0, 0.1) is 5.92 Å². The zero-order valence-electron chi connectivity index (χ0n) is 7.91. The van der Waals surface area contributed by atoms with Crippen molar-refractivity contribution in [3.8, 4) is 0 Å². The van der Waals surface area contributed by atoms with Gasteiger partial charge >= 0.3 is 0 Å². The van der Waals surface area contributed by atoms with E-state index in [0.29, 0.717) is 24.8 Å². The number of piperidine rings is 1. The molecule has 0 aromatic carbocycles. The van der Waals surface area contributed by atoms with Gasteiger partial charge < -0.3 is 5.11 Å². The molecule has 2 aliphatic rings. The third kappa shape index (κ3) is 2.51. The molecule has 1 saturated heterocycles. The van der Waals surface area contributed by atoms with Crippen LogP contribution in [-0.4, -0.2) is 41.5 Å². The lowest BCUT2D eigenvalue weighted by Gasteiger charge is -2.29. The lowest BCUT2D eigenvalue weighted by atomic mass is 10.1. The number of rotatable bonds is 3. The summed E-state index contributed by atoms with van der Waals surface area (Å²) in [7, 11) is 0. The minimum atomic E-state index is -0.208. The van der Waals surface area contributed by atoms with Crippen molar-refractivity contribution in [2.75, 3.05) is 19.6 Å². The number of aliphatic hydroxyl groups is 1. The molecule has 2 rings (SSSR count). The summed E-state index contributed by atoms with van der Waals surface area (Å²) in [5, 5.41) is 9.39. The van der Waals surface area contributed by atoms with Gasteiger partial charge in [-0.3, -0.25) is 9.69 Å². The fourth-order valence-electron chi connectivity index (χ4n) is 1.93. The second-order valence-electron chi connectivity index (χ2n) is 4.27. The second kappa shape index (κ2) is 3.76. The van der Waals surface area contributed by atoms with Crippen LogP contribution < -0.4 is 0 Å². The van der Waals surface area contributed by atoms with E-state index < -0.39 is 0 Å². The van der Waals surface area contributed by atoms with E-state index in [1.54, 1.807) is 0 Å². The summed E-state index contributed by atoms with van der Waals surface area (Å²) in [5.74, 6) is 0.744. The van der Waals surface area contributed by atoms with Crippen LogP contribution >= 0.6 is 0 Å². The number of carbonyl (C=O) groups is 1. The van der Waals surface area contributed by atoms with Gasteiger partial charge in [0.05, 0.1) is 12.6 Å². The van der Waals surface area contributed by atoms with E-state index in [9.17, 15) is 9.90 Å². The molecule has 0 radical (unpaired) electrons. The maximum Gasteiger partial charge on any atom is 0.149 e. The predicted molar refractivity (Wildman–Crippen MR) is 49.4 cm³/mol. The SMILES string of the molecule is O=C(CN1CCCC(O)C1)C1CC1. The maximum absolute atomic E-state index is 11.5. The van der Waals surface area contributed by atoms with E-state index in [0.717, 1.165) is 32.2 Å². The molecule has 1 N–H and O–H groups in total. The minimum absolute atomic E-state index is 0.208. The van der Waals surface area contributed by atoms with Gasteiger partial charge in [-0.2, -0.15) is 0 Å². The van der Waals surface area contributed by atoms with E-state index >= 15 is 0 Å². The van der Waals surface area contributed by atoms with Crippen LogP contribution in [0.4, 0.5) is 0 Å². The van der Waals surface area contributed by atoms with Crippen molar-refractivity contribution in [2.24, 2.45) is 5.92 Å². The molecule has 2 fully saturated rings. The first-order valence-corrected chi connectivity index (χ1v) is 5.19. The average Bonchev–Trinajstić information content (AvgIpc) is 2.85. The number of β-amino-alcohol motifs (C(OH)–C–C–N with tert-alkyl or cyclic N) is 1. The van der Waals surface area contributed by atoms with Crippen molar-refractivity contribution in [2.45, 2.75) is 31.8 Å². The van der Waals surface area contributed by atoms with Gasteiger partial charge in [0.2, 0.25) is 0 Å². The van der Waals surface area contributed by atoms with E-state index in [1.165, 1.54) is 0 Å². The Morgan fingerprint density at radius 3 is 2.77 bits per heavy atom. The summed E-state index contributed by atoms with van der Waals surface area (Å²) in [4.78, 5) is 13.5. The molecule has 0 spiro atoms. The predicted octanol–water partition coefficient (Wildman–Crippen LogP) is 0.422. The van der Waals surface area contributed by atoms with Crippen molar-refractivity contribution in [3.63, 3.8) is 0 Å². The number of carbonyl (C=O) groups excluding carboxylic acids is 1. The van der Waals surface area contributed by atoms with Gasteiger partial charge in [-0.1, -0.05) is 0 Å². The number of likely N-dealkylation sites (tertiary alicyclic amines) is 1. The lowest BCUT2D eigenvalue weighted by molar-refractivity contribution is -0.122. The van der Waals surface area contributed by atoms with Crippen LogP contribution in [-0.2, 0) is 4.79 Å². The molecule has 1 heterocycles. The highest BCUT2D eigenvalue weighted by atomic mass is 16.3. The highest BCUT2D eigenvalue weighted by Gasteiger charge is 2.31. The van der Waals surface area contributed by atoms with Gasteiger partial charge in [-0.15, -0.1) is 0 Å². The van der Waals surface area contributed by atoms with Crippen LogP contribution in [0.25, 0.3) is 0 Å². The maximum atomic E-state index is 11.5. The Labute approximate surface area is 78.7 Å². The number of aliphatic hydroxyl groups excluding tert-OH is 1. The smallest absolute Gasteiger partial charge is 0.149 e. The standard InChI is InChI=1S/C10H17NO2/c12-9-2-1-5-11(6-9)7-10(13)8-3-4-8/h8-9,12H,1-7H2. The van der Waals surface area contributed by atoms with Gasteiger partial charge in [0.15, 0.2) is 0 Å². The molecule has 1 atom stereocenters. The van der Waals surface area contributed by atoms with Crippen LogP contribution in [0.15, 0.2) is 0 Å². The van der Waals surface area contributed by atoms with Crippen LogP contribution in [0.1, 0.15) is 25.7 Å². The van der Waals surface area contributed by atoms with Crippen molar-refractivity contribution in [1.29, 1.82) is 0 Å². The van der Waals surface area contributed by atoms with Gasteiger partial charge in [-0.05, 0) is 32.2 Å². The van der Waals surface area contributed by atoms with Crippen molar-refractivity contribution in [1.82, 2.24) is 4.90 Å². The van der Waals surface area contributed by atoms with Gasteiger partial charge in [-0.25, -0.2) is 0 Å². The molecule has 74 valence electrons. The topological polar surface area (TPSA) is 40.5 Å². The fraction of sp³-hybridized carbons (Fsp3) is 0.900. The number of Topliss-reactive ketones (excluding diaryl/α,β-unsaturated/α-hetero) is 1. The number of hydrogen-bond acceptors (Lipinski definition) is 3. The molecule has 0 aromatic heterocycles. The second-order valence-corrected chi connectivity index (χ2v) is 4.27. The quantitative estimate of drug-likeness (QED) is 0.689. The Bertz CT molecular complexity index is 201. The van der Waals surface area contributed by atoms with E-state index in [-0.39, 0.29) is 6.10 Å². The summed E-state index contributed by atoms with van der Waals surface area (Å²) in [6.45, 7) is 2.25. The summed E-state index contributed by atoms with van der Waals surface area (Å²) >= 11 is 0. The molecule has 1 aliphatic carbocycles. The van der Waals surface area contributed by atoms with E-state index in [4.69, 9.17) is 0 Å². The third-order valence-electron chi connectivity index (χ3n) is 2.89. The van der Waals surface area contributed by atoms with Gasteiger partial charge in [0.25, 0.3) is 0 Å². The molecule has 0 bridgehead atoms. The first kappa shape index (κ1) is 9.16. The molecule has 3 heteroatoms. The molecule has 0 amide bonds. The Kier molecular flexibility index (Phi) is 2.65. The number of nitrogens with zero attached hydrogens (tertiary/aromatic N) is 1. The normalized spacial score (nSPS) is 30.4. The Morgan fingerprint density at radius 2 is 2.15 bits per heavy atom. The highest BCUT2D eigenvalue weighted by molar-refractivity contribution is 5.84. The van der Waals surface area contributed by atoms with Crippen molar-refractivity contribution in [3.05, 3.63) is 0 Å². The molecule has 1 unspecified atom stereocenters. The van der Waals surface area contributed by atoms with Crippen LogP contribution in [0.3, 0.4) is 0 Å². The van der Waals surface area contributed by atoms with Gasteiger partial charge in [0.1, 0.15) is 5.78 Å². The first-order valence-electron chi connectivity index (χ1n) is 5.19. The zero-order valence-corrected chi connectivity index (χ0v) is 7.91. The van der Waals surface area contributed by atoms with Crippen LogP contribution in [0.5, 0.6) is 0 Å². The van der Waals surface area contributed by atoms with Crippen LogP contribution in [0.2, 0.25) is 0 Å². The molecular weight excluding hydrogens is 166 g/mol. The fourth-order valence-corrected chi connectivity index (χ4v) is 1.93. The third-order valence-corrected chi connectivity index (χ3v) is 2.89. The van der Waals surface area contributed by atoms with E-state index in [1.807, 2.05) is 0 Å². The van der Waals surface area contributed by atoms with Gasteiger partial charge in [0, 0.05) is 12.5 Å². The molecular formula is C10H17NO2. The Hall–Kier alpha value is -0.410.